The molecule has 11 heteroatoms. The molecule has 9 nitrogen and oxygen atoms in total. The van der Waals surface area contributed by atoms with E-state index in [4.69, 9.17) is 19.5 Å². The minimum atomic E-state index is -3.53. The molecule has 3 aromatic carbocycles. The summed E-state index contributed by atoms with van der Waals surface area (Å²) in [6.45, 7) is 1.92. The lowest BCUT2D eigenvalue weighted by Gasteiger charge is -2.19. The van der Waals surface area contributed by atoms with E-state index in [-0.39, 0.29) is 10.6 Å². The number of sulfone groups is 1. The van der Waals surface area contributed by atoms with Gasteiger partial charge in [-0.15, -0.1) is 0 Å². The third-order valence-corrected chi connectivity index (χ3v) is 8.62. The van der Waals surface area contributed by atoms with E-state index in [1.165, 1.54) is 37.7 Å². The van der Waals surface area contributed by atoms with E-state index >= 15 is 0 Å². The molecule has 39 heavy (non-hydrogen) atoms. The maximum absolute atomic E-state index is 13.6. The van der Waals surface area contributed by atoms with Gasteiger partial charge in [-0.2, -0.15) is 5.26 Å². The van der Waals surface area contributed by atoms with Crippen LogP contribution in [0.2, 0.25) is 0 Å². The van der Waals surface area contributed by atoms with E-state index in [1.54, 1.807) is 48.5 Å². The number of ether oxygens (including phenoxy) is 3. The molecule has 0 bridgehead atoms. The SMILES string of the molecule is CCCCS(=O)(=O)c1cccc(C(Oc2ccc(C#N)cc2)C(=O)Nc2nc3cc(OC)c(OC)cc3s2)c1. The molecular formula is C28H27N3O6S2. The maximum atomic E-state index is 13.6. The zero-order chi connectivity index (χ0) is 28.0. The highest BCUT2D eigenvalue weighted by atomic mass is 32.2. The van der Waals surface area contributed by atoms with Gasteiger partial charge in [0.1, 0.15) is 5.75 Å². The topological polar surface area (TPSA) is 128 Å². The predicted octanol–water partition coefficient (Wildman–Crippen LogP) is 5.52. The van der Waals surface area contributed by atoms with Crippen LogP contribution in [0.5, 0.6) is 17.2 Å². The number of benzene rings is 3. The van der Waals surface area contributed by atoms with Crippen molar-refractivity contribution in [3.63, 3.8) is 0 Å². The van der Waals surface area contributed by atoms with Crippen molar-refractivity contribution in [2.24, 2.45) is 0 Å². The summed E-state index contributed by atoms with van der Waals surface area (Å²) in [6, 6.07) is 18.0. The van der Waals surface area contributed by atoms with Gasteiger partial charge >= 0.3 is 0 Å². The third kappa shape index (κ3) is 6.47. The number of amides is 1. The fraction of sp³-hybridized carbons (Fsp3) is 0.250. The monoisotopic (exact) mass is 565 g/mol. The summed E-state index contributed by atoms with van der Waals surface area (Å²) in [7, 11) is -0.468. The number of rotatable bonds is 11. The molecule has 0 fully saturated rings. The molecule has 1 heterocycles. The Morgan fingerprint density at radius 2 is 1.79 bits per heavy atom. The number of aromatic nitrogens is 1. The molecular weight excluding hydrogens is 538 g/mol. The van der Waals surface area contributed by atoms with Gasteiger partial charge in [0.25, 0.3) is 5.91 Å². The summed E-state index contributed by atoms with van der Waals surface area (Å²) < 4.78 is 43.2. The number of nitrogens with one attached hydrogen (secondary N) is 1. The quantitative estimate of drug-likeness (QED) is 0.252. The molecule has 1 amide bonds. The lowest BCUT2D eigenvalue weighted by molar-refractivity contribution is -0.123. The Kier molecular flexibility index (Phi) is 8.69. The minimum Gasteiger partial charge on any atom is -0.493 e. The number of nitrogens with zero attached hydrogens (tertiary/aromatic N) is 2. The van der Waals surface area contributed by atoms with Crippen LogP contribution in [0.4, 0.5) is 5.13 Å². The first-order valence-electron chi connectivity index (χ1n) is 12.1. The van der Waals surface area contributed by atoms with Crippen LogP contribution in [-0.2, 0) is 14.6 Å². The van der Waals surface area contributed by atoms with E-state index in [2.05, 4.69) is 10.3 Å². The fourth-order valence-electron chi connectivity index (χ4n) is 3.82. The molecule has 1 aromatic heterocycles. The molecule has 4 rings (SSSR count). The Morgan fingerprint density at radius 1 is 1.08 bits per heavy atom. The standard InChI is InChI=1S/C28H27N3O6S2/c1-4-5-13-39(33,34)21-8-6-7-19(14-21)26(37-20-11-9-18(17-29)10-12-20)27(32)31-28-30-22-15-23(35-2)24(36-3)16-25(22)38-28/h6-12,14-16,26H,4-5,13H2,1-3H3,(H,30,31,32). The van der Waals surface area contributed by atoms with Crippen LogP contribution < -0.4 is 19.5 Å². The van der Waals surface area contributed by atoms with Crippen molar-refractivity contribution in [1.29, 1.82) is 5.26 Å². The summed E-state index contributed by atoms with van der Waals surface area (Å²) in [5.41, 5.74) is 1.41. The number of thiazole rings is 1. The summed E-state index contributed by atoms with van der Waals surface area (Å²) in [5.74, 6) is 0.859. The first-order valence-corrected chi connectivity index (χ1v) is 14.6. The number of fused-ring (bicyclic) bond motifs is 1. The van der Waals surface area contributed by atoms with Crippen LogP contribution in [0.3, 0.4) is 0 Å². The lowest BCUT2D eigenvalue weighted by Crippen LogP contribution is -2.26. The Morgan fingerprint density at radius 3 is 2.46 bits per heavy atom. The van der Waals surface area contributed by atoms with E-state index in [0.29, 0.717) is 45.4 Å². The van der Waals surface area contributed by atoms with Crippen molar-refractivity contribution in [3.05, 3.63) is 71.8 Å². The molecule has 0 saturated heterocycles. The van der Waals surface area contributed by atoms with Gasteiger partial charge in [0.2, 0.25) is 6.10 Å². The van der Waals surface area contributed by atoms with Crippen LogP contribution in [0.1, 0.15) is 37.0 Å². The largest absolute Gasteiger partial charge is 0.493 e. The summed E-state index contributed by atoms with van der Waals surface area (Å²) in [6.07, 6.45) is 0.0761. The van der Waals surface area contributed by atoms with E-state index in [1.807, 2.05) is 13.0 Å². The average Bonchev–Trinajstić information content (AvgIpc) is 3.35. The Balaban J connectivity index is 1.68. The molecule has 4 aromatic rings. The highest BCUT2D eigenvalue weighted by Gasteiger charge is 2.26. The molecule has 1 unspecified atom stereocenters. The molecule has 0 spiro atoms. The summed E-state index contributed by atoms with van der Waals surface area (Å²) >= 11 is 1.25. The summed E-state index contributed by atoms with van der Waals surface area (Å²) in [5, 5.41) is 12.2. The van der Waals surface area contributed by atoms with E-state index < -0.39 is 21.8 Å². The van der Waals surface area contributed by atoms with Crippen molar-refractivity contribution >= 4 is 42.4 Å². The van der Waals surface area contributed by atoms with Gasteiger partial charge in [-0.3, -0.25) is 10.1 Å². The molecule has 0 radical (unpaired) electrons. The van der Waals surface area contributed by atoms with Crippen molar-refractivity contribution in [1.82, 2.24) is 4.98 Å². The smallest absolute Gasteiger partial charge is 0.271 e. The second-order valence-electron chi connectivity index (χ2n) is 8.56. The van der Waals surface area contributed by atoms with Gasteiger partial charge in [0.05, 0.1) is 46.7 Å². The van der Waals surface area contributed by atoms with Crippen LogP contribution in [0.15, 0.2) is 65.6 Å². The van der Waals surface area contributed by atoms with Gasteiger partial charge < -0.3 is 14.2 Å². The first-order chi connectivity index (χ1) is 18.8. The van der Waals surface area contributed by atoms with Gasteiger partial charge in [0.15, 0.2) is 26.5 Å². The maximum Gasteiger partial charge on any atom is 0.271 e. The van der Waals surface area contributed by atoms with Gasteiger partial charge in [0, 0.05) is 17.7 Å². The fourth-order valence-corrected chi connectivity index (χ4v) is 6.20. The van der Waals surface area contributed by atoms with Gasteiger partial charge in [-0.25, -0.2) is 13.4 Å². The number of carbonyl (C=O) groups is 1. The summed E-state index contributed by atoms with van der Waals surface area (Å²) in [4.78, 5) is 18.2. The Bertz CT molecular complexity index is 1580. The van der Waals surface area contributed by atoms with Crippen LogP contribution in [-0.4, -0.2) is 39.3 Å². The average molecular weight is 566 g/mol. The predicted molar refractivity (Wildman–Crippen MR) is 149 cm³/mol. The van der Waals surface area contributed by atoms with Crippen LogP contribution >= 0.6 is 11.3 Å². The Labute approximate surface area is 230 Å². The number of unbranched alkanes of at least 4 members (excludes halogenated alkanes) is 1. The highest BCUT2D eigenvalue weighted by molar-refractivity contribution is 7.91. The van der Waals surface area contributed by atoms with Gasteiger partial charge in [-0.05, 0) is 42.8 Å². The molecule has 1 atom stereocenters. The number of anilines is 1. The Hall–Kier alpha value is -4.14. The van der Waals surface area contributed by atoms with Crippen LogP contribution in [0, 0.1) is 11.3 Å². The molecule has 0 saturated carbocycles. The van der Waals surface area contributed by atoms with Crippen molar-refractivity contribution in [2.45, 2.75) is 30.8 Å². The second kappa shape index (κ2) is 12.1. The zero-order valence-corrected chi connectivity index (χ0v) is 23.3. The number of methoxy groups -OCH3 is 2. The van der Waals surface area contributed by atoms with Crippen LogP contribution in [0.25, 0.3) is 10.2 Å². The van der Waals surface area contributed by atoms with Crippen molar-refractivity contribution < 1.29 is 27.4 Å². The number of nitriles is 1. The molecule has 202 valence electrons. The highest BCUT2D eigenvalue weighted by Crippen LogP contribution is 2.36. The number of hydrogen-bond acceptors (Lipinski definition) is 9. The minimum absolute atomic E-state index is 0.0128. The lowest BCUT2D eigenvalue weighted by atomic mass is 10.1. The number of hydrogen-bond donors (Lipinski definition) is 1. The van der Waals surface area contributed by atoms with Crippen molar-refractivity contribution in [2.75, 3.05) is 25.3 Å². The normalized spacial score (nSPS) is 11.9. The first kappa shape index (κ1) is 27.9. The molecule has 1 N–H and O–H groups in total. The molecule has 0 aliphatic rings. The third-order valence-electron chi connectivity index (χ3n) is 5.89. The zero-order valence-electron chi connectivity index (χ0n) is 21.6. The second-order valence-corrected chi connectivity index (χ2v) is 11.7. The molecule has 0 aliphatic heterocycles. The van der Waals surface area contributed by atoms with Gasteiger partial charge in [-0.1, -0.05) is 36.8 Å². The molecule has 0 aliphatic carbocycles. The van der Waals surface area contributed by atoms with Crippen molar-refractivity contribution in [3.8, 4) is 23.3 Å². The van der Waals surface area contributed by atoms with E-state index in [0.717, 1.165) is 11.1 Å². The number of carbonyl (C=O) groups excluding carboxylic acids is 1. The van der Waals surface area contributed by atoms with E-state index in [9.17, 15) is 13.2 Å².